The van der Waals surface area contributed by atoms with Crippen LogP contribution in [-0.4, -0.2) is 11.3 Å². The Morgan fingerprint density at radius 2 is 1.67 bits per heavy atom. The summed E-state index contributed by atoms with van der Waals surface area (Å²) in [4.78, 5) is 4.46. The predicted molar refractivity (Wildman–Crippen MR) is 87.6 cm³/mol. The van der Waals surface area contributed by atoms with E-state index in [0.29, 0.717) is 21.8 Å². The third-order valence-corrected chi connectivity index (χ3v) is 4.14. The predicted octanol–water partition coefficient (Wildman–Crippen LogP) is 6.12. The third-order valence-electron chi connectivity index (χ3n) is 3.36. The van der Waals surface area contributed by atoms with Crippen LogP contribution in [0.1, 0.15) is 16.6 Å². The van der Waals surface area contributed by atoms with Crippen LogP contribution in [0.2, 0.25) is 5.02 Å². The number of rotatable bonds is 3. The maximum absolute atomic E-state index is 12.2. The first-order valence-corrected chi connectivity index (χ1v) is 7.70. The van der Waals surface area contributed by atoms with Gasteiger partial charge >= 0.3 is 6.36 Å². The van der Waals surface area contributed by atoms with Crippen LogP contribution < -0.4 is 4.74 Å². The zero-order valence-electron chi connectivity index (χ0n) is 12.0. The summed E-state index contributed by atoms with van der Waals surface area (Å²) in [5.41, 5.74) is 1.78. The standard InChI is InChI=1S/C17H10Cl2F3NO/c18-13-3-1-2-11-6-9-14(23-16(11)13)15(19)10-4-7-12(8-5-10)24-17(20,21)22/h1-9,15H. The summed E-state index contributed by atoms with van der Waals surface area (Å²) in [7, 11) is 0. The fourth-order valence-corrected chi connectivity index (χ4v) is 2.77. The third kappa shape index (κ3) is 3.74. The molecule has 124 valence electrons. The van der Waals surface area contributed by atoms with E-state index in [9.17, 15) is 13.2 Å². The van der Waals surface area contributed by atoms with E-state index < -0.39 is 11.7 Å². The Morgan fingerprint density at radius 3 is 2.33 bits per heavy atom. The Bertz CT molecular complexity index is 866. The molecule has 0 saturated carbocycles. The van der Waals surface area contributed by atoms with Gasteiger partial charge in [0.2, 0.25) is 0 Å². The van der Waals surface area contributed by atoms with Gasteiger partial charge in [0.05, 0.1) is 16.2 Å². The molecule has 0 bridgehead atoms. The first-order valence-electron chi connectivity index (χ1n) is 6.88. The number of ether oxygens (including phenoxy) is 1. The average Bonchev–Trinajstić information content (AvgIpc) is 2.53. The lowest BCUT2D eigenvalue weighted by Gasteiger charge is -2.13. The molecule has 1 atom stereocenters. The number of alkyl halides is 4. The number of pyridine rings is 1. The van der Waals surface area contributed by atoms with Crippen LogP contribution in [0.15, 0.2) is 54.6 Å². The van der Waals surface area contributed by atoms with Crippen molar-refractivity contribution >= 4 is 34.1 Å². The second kappa shape index (κ2) is 6.49. The van der Waals surface area contributed by atoms with Gasteiger partial charge in [-0.05, 0) is 29.8 Å². The number of hydrogen-bond donors (Lipinski definition) is 0. The van der Waals surface area contributed by atoms with Crippen LogP contribution in [-0.2, 0) is 0 Å². The molecule has 0 amide bonds. The van der Waals surface area contributed by atoms with E-state index in [0.717, 1.165) is 5.39 Å². The van der Waals surface area contributed by atoms with E-state index >= 15 is 0 Å². The van der Waals surface area contributed by atoms with E-state index in [4.69, 9.17) is 23.2 Å². The Labute approximate surface area is 145 Å². The molecule has 0 aliphatic rings. The Kier molecular flexibility index (Phi) is 4.56. The molecule has 0 fully saturated rings. The lowest BCUT2D eigenvalue weighted by atomic mass is 10.1. The first-order chi connectivity index (χ1) is 11.3. The van der Waals surface area contributed by atoms with E-state index in [-0.39, 0.29) is 5.75 Å². The van der Waals surface area contributed by atoms with Gasteiger partial charge in [-0.2, -0.15) is 0 Å². The molecule has 1 heterocycles. The molecule has 0 aliphatic heterocycles. The minimum atomic E-state index is -4.72. The lowest BCUT2D eigenvalue weighted by Crippen LogP contribution is -2.17. The lowest BCUT2D eigenvalue weighted by molar-refractivity contribution is -0.274. The van der Waals surface area contributed by atoms with Crippen molar-refractivity contribution in [3.05, 3.63) is 70.9 Å². The molecule has 1 unspecified atom stereocenters. The van der Waals surface area contributed by atoms with Gasteiger partial charge in [0.15, 0.2) is 0 Å². The van der Waals surface area contributed by atoms with Crippen LogP contribution in [0.4, 0.5) is 13.2 Å². The fourth-order valence-electron chi connectivity index (χ4n) is 2.28. The second-order valence-electron chi connectivity index (χ2n) is 5.03. The van der Waals surface area contributed by atoms with Crippen molar-refractivity contribution in [1.29, 1.82) is 0 Å². The zero-order chi connectivity index (χ0) is 17.3. The van der Waals surface area contributed by atoms with Crippen molar-refractivity contribution < 1.29 is 17.9 Å². The Balaban J connectivity index is 1.88. The van der Waals surface area contributed by atoms with Gasteiger partial charge in [-0.3, -0.25) is 0 Å². The zero-order valence-corrected chi connectivity index (χ0v) is 13.5. The van der Waals surface area contributed by atoms with Gasteiger partial charge in [0, 0.05) is 5.39 Å². The van der Waals surface area contributed by atoms with Gasteiger partial charge in [0.25, 0.3) is 0 Å². The summed E-state index contributed by atoms with van der Waals surface area (Å²) in [6.45, 7) is 0. The molecule has 0 radical (unpaired) electrons. The Morgan fingerprint density at radius 1 is 0.958 bits per heavy atom. The molecule has 1 aromatic heterocycles. The number of hydrogen-bond acceptors (Lipinski definition) is 2. The monoisotopic (exact) mass is 371 g/mol. The number of fused-ring (bicyclic) bond motifs is 1. The van der Waals surface area contributed by atoms with Crippen LogP contribution in [0.3, 0.4) is 0 Å². The Hall–Kier alpha value is -1.98. The number of halogens is 5. The summed E-state index contributed by atoms with van der Waals surface area (Å²) < 4.78 is 40.4. The number of benzene rings is 2. The first kappa shape index (κ1) is 16.9. The molecule has 24 heavy (non-hydrogen) atoms. The molecule has 0 N–H and O–H groups in total. The van der Waals surface area contributed by atoms with Gasteiger partial charge in [-0.15, -0.1) is 24.8 Å². The minimum absolute atomic E-state index is 0.301. The van der Waals surface area contributed by atoms with Gasteiger partial charge in [-0.25, -0.2) is 4.98 Å². The number of para-hydroxylation sites is 1. The highest BCUT2D eigenvalue weighted by atomic mass is 35.5. The van der Waals surface area contributed by atoms with Crippen LogP contribution in [0.25, 0.3) is 10.9 Å². The molecule has 0 saturated heterocycles. The van der Waals surface area contributed by atoms with Crippen LogP contribution in [0, 0.1) is 0 Å². The van der Waals surface area contributed by atoms with E-state index in [1.165, 1.54) is 24.3 Å². The van der Waals surface area contributed by atoms with E-state index in [2.05, 4.69) is 9.72 Å². The molecule has 3 rings (SSSR count). The molecular weight excluding hydrogens is 362 g/mol. The van der Waals surface area contributed by atoms with Gasteiger partial charge < -0.3 is 4.74 Å². The molecule has 0 spiro atoms. The maximum atomic E-state index is 12.2. The van der Waals surface area contributed by atoms with Gasteiger partial charge in [-0.1, -0.05) is 41.9 Å². The highest BCUT2D eigenvalue weighted by molar-refractivity contribution is 6.35. The van der Waals surface area contributed by atoms with Crippen LogP contribution in [0.5, 0.6) is 5.75 Å². The van der Waals surface area contributed by atoms with Crippen molar-refractivity contribution in [3.8, 4) is 5.75 Å². The minimum Gasteiger partial charge on any atom is -0.406 e. The summed E-state index contributed by atoms with van der Waals surface area (Å²) in [5.74, 6) is -0.301. The summed E-state index contributed by atoms with van der Waals surface area (Å²) in [6, 6.07) is 14.4. The van der Waals surface area contributed by atoms with E-state index in [1.54, 1.807) is 12.1 Å². The molecule has 2 aromatic carbocycles. The van der Waals surface area contributed by atoms with Crippen molar-refractivity contribution in [2.24, 2.45) is 0 Å². The second-order valence-corrected chi connectivity index (χ2v) is 5.87. The van der Waals surface area contributed by atoms with E-state index in [1.807, 2.05) is 18.2 Å². The molecule has 2 nitrogen and oxygen atoms in total. The molecule has 0 aliphatic carbocycles. The van der Waals surface area contributed by atoms with Crippen LogP contribution >= 0.6 is 23.2 Å². The molecule has 3 aromatic rings. The summed E-state index contributed by atoms with van der Waals surface area (Å²) in [5, 5.41) is 0.766. The fraction of sp³-hybridized carbons (Fsp3) is 0.118. The van der Waals surface area contributed by atoms with Crippen molar-refractivity contribution in [1.82, 2.24) is 4.98 Å². The summed E-state index contributed by atoms with van der Waals surface area (Å²) in [6.07, 6.45) is -4.72. The van der Waals surface area contributed by atoms with Crippen molar-refractivity contribution in [2.75, 3.05) is 0 Å². The largest absolute Gasteiger partial charge is 0.573 e. The average molecular weight is 372 g/mol. The number of aromatic nitrogens is 1. The maximum Gasteiger partial charge on any atom is 0.573 e. The molecular formula is C17H10Cl2F3NO. The smallest absolute Gasteiger partial charge is 0.406 e. The molecule has 7 heteroatoms. The van der Waals surface area contributed by atoms with Crippen molar-refractivity contribution in [3.63, 3.8) is 0 Å². The highest BCUT2D eigenvalue weighted by Crippen LogP contribution is 2.32. The van der Waals surface area contributed by atoms with Crippen molar-refractivity contribution in [2.45, 2.75) is 11.7 Å². The summed E-state index contributed by atoms with van der Waals surface area (Å²) >= 11 is 12.5. The topological polar surface area (TPSA) is 22.1 Å². The SMILES string of the molecule is FC(F)(F)Oc1ccc(C(Cl)c2ccc3cccc(Cl)c3n2)cc1. The normalized spacial score (nSPS) is 13.0. The number of nitrogens with zero attached hydrogens (tertiary/aromatic N) is 1. The quantitative estimate of drug-likeness (QED) is 0.517. The highest BCUT2D eigenvalue weighted by Gasteiger charge is 2.31. The van der Waals surface area contributed by atoms with Gasteiger partial charge in [0.1, 0.15) is 11.1 Å².